The highest BCUT2D eigenvalue weighted by Crippen LogP contribution is 2.31. The molecule has 0 spiro atoms. The smallest absolute Gasteiger partial charge is 0.163 e. The summed E-state index contributed by atoms with van der Waals surface area (Å²) in [5.74, 6) is 1.73. The van der Waals surface area contributed by atoms with Gasteiger partial charge in [0.1, 0.15) is 0 Å². The molecule has 0 aliphatic carbocycles. The van der Waals surface area contributed by atoms with Crippen molar-refractivity contribution in [3.8, 4) is 11.5 Å². The third-order valence-electron chi connectivity index (χ3n) is 2.36. The Morgan fingerprint density at radius 3 is 2.53 bits per heavy atom. The van der Waals surface area contributed by atoms with Crippen molar-refractivity contribution in [1.82, 2.24) is 0 Å². The van der Waals surface area contributed by atoms with Crippen LogP contribution in [-0.4, -0.2) is 25.9 Å². The molecule has 0 heterocycles. The molecule has 1 atom stereocenters. The van der Waals surface area contributed by atoms with E-state index in [4.69, 9.17) is 14.6 Å². The molecule has 0 bridgehead atoms. The first kappa shape index (κ1) is 11.9. The lowest BCUT2D eigenvalue weighted by Gasteiger charge is -2.14. The first-order valence-electron chi connectivity index (χ1n) is 5.03. The van der Waals surface area contributed by atoms with E-state index >= 15 is 0 Å². The van der Waals surface area contributed by atoms with Crippen molar-refractivity contribution in [1.29, 1.82) is 0 Å². The first-order chi connectivity index (χ1) is 7.22. The molecular formula is C12H18O3. The first-order valence-corrected chi connectivity index (χ1v) is 5.03. The van der Waals surface area contributed by atoms with Crippen molar-refractivity contribution in [2.45, 2.75) is 13.3 Å². The fourth-order valence-corrected chi connectivity index (χ4v) is 1.55. The number of aliphatic hydroxyl groups is 1. The highest BCUT2D eigenvalue weighted by molar-refractivity contribution is 5.46. The van der Waals surface area contributed by atoms with E-state index in [2.05, 4.69) is 0 Å². The second-order valence-corrected chi connectivity index (χ2v) is 3.64. The van der Waals surface area contributed by atoms with Gasteiger partial charge in [-0.3, -0.25) is 0 Å². The van der Waals surface area contributed by atoms with Crippen molar-refractivity contribution in [2.75, 3.05) is 20.8 Å². The molecule has 1 unspecified atom stereocenters. The monoisotopic (exact) mass is 210 g/mol. The summed E-state index contributed by atoms with van der Waals surface area (Å²) >= 11 is 0. The number of ether oxygens (including phenoxy) is 2. The Labute approximate surface area is 90.6 Å². The lowest BCUT2D eigenvalue weighted by molar-refractivity contribution is 0.235. The lowest BCUT2D eigenvalue weighted by atomic mass is 10.0. The fourth-order valence-electron chi connectivity index (χ4n) is 1.55. The standard InChI is InChI=1S/C12H18O3/c1-9(8-13)7-10-5-4-6-11(14-2)12(10)15-3/h4-6,9,13H,7-8H2,1-3H3. The zero-order chi connectivity index (χ0) is 11.3. The normalized spacial score (nSPS) is 12.3. The number of hydrogen-bond donors (Lipinski definition) is 1. The Hall–Kier alpha value is -1.22. The van der Waals surface area contributed by atoms with Crippen LogP contribution in [-0.2, 0) is 6.42 Å². The average Bonchev–Trinajstić information content (AvgIpc) is 2.28. The summed E-state index contributed by atoms with van der Waals surface area (Å²) in [5.41, 5.74) is 1.07. The van der Waals surface area contributed by atoms with Gasteiger partial charge in [0, 0.05) is 6.61 Å². The van der Waals surface area contributed by atoms with Gasteiger partial charge in [-0.05, 0) is 24.0 Å². The third kappa shape index (κ3) is 2.86. The minimum atomic E-state index is 0.181. The van der Waals surface area contributed by atoms with Crippen LogP contribution in [0.5, 0.6) is 11.5 Å². The molecule has 0 aliphatic rings. The van der Waals surface area contributed by atoms with E-state index in [1.807, 2.05) is 25.1 Å². The largest absolute Gasteiger partial charge is 0.493 e. The Morgan fingerprint density at radius 2 is 2.00 bits per heavy atom. The quantitative estimate of drug-likeness (QED) is 0.806. The highest BCUT2D eigenvalue weighted by Gasteiger charge is 2.11. The van der Waals surface area contributed by atoms with Crippen LogP contribution in [0.15, 0.2) is 18.2 Å². The number of methoxy groups -OCH3 is 2. The van der Waals surface area contributed by atoms with Crippen LogP contribution in [0.4, 0.5) is 0 Å². The second-order valence-electron chi connectivity index (χ2n) is 3.64. The van der Waals surface area contributed by atoms with Crippen LogP contribution in [0.2, 0.25) is 0 Å². The summed E-state index contributed by atoms with van der Waals surface area (Å²) in [5, 5.41) is 9.01. The van der Waals surface area contributed by atoms with E-state index in [0.717, 1.165) is 23.5 Å². The van der Waals surface area contributed by atoms with E-state index in [1.54, 1.807) is 14.2 Å². The zero-order valence-corrected chi connectivity index (χ0v) is 9.49. The molecule has 15 heavy (non-hydrogen) atoms. The lowest BCUT2D eigenvalue weighted by Crippen LogP contribution is -2.06. The Balaban J connectivity index is 2.95. The molecule has 3 heteroatoms. The van der Waals surface area contributed by atoms with E-state index in [0.29, 0.717) is 0 Å². The molecule has 1 rings (SSSR count). The summed E-state index contributed by atoms with van der Waals surface area (Å²) in [7, 11) is 3.25. The molecule has 0 saturated carbocycles. The van der Waals surface area contributed by atoms with E-state index in [9.17, 15) is 0 Å². The predicted molar refractivity (Wildman–Crippen MR) is 59.5 cm³/mol. The van der Waals surface area contributed by atoms with Crippen molar-refractivity contribution >= 4 is 0 Å². The molecule has 0 fully saturated rings. The van der Waals surface area contributed by atoms with E-state index in [1.165, 1.54) is 0 Å². The Morgan fingerprint density at radius 1 is 1.27 bits per heavy atom. The summed E-state index contributed by atoms with van der Waals surface area (Å²) in [6.45, 7) is 2.18. The molecule has 84 valence electrons. The molecule has 1 aromatic carbocycles. The zero-order valence-electron chi connectivity index (χ0n) is 9.49. The van der Waals surface area contributed by atoms with Crippen LogP contribution in [0.1, 0.15) is 12.5 Å². The van der Waals surface area contributed by atoms with E-state index in [-0.39, 0.29) is 12.5 Å². The molecule has 1 aromatic rings. The molecule has 0 radical (unpaired) electrons. The van der Waals surface area contributed by atoms with Crippen LogP contribution in [0.3, 0.4) is 0 Å². The molecule has 0 aromatic heterocycles. The van der Waals surface area contributed by atoms with Crippen LogP contribution < -0.4 is 9.47 Å². The Kier molecular flexibility index (Phi) is 4.43. The van der Waals surface area contributed by atoms with Gasteiger partial charge in [-0.1, -0.05) is 19.1 Å². The maximum Gasteiger partial charge on any atom is 0.163 e. The SMILES string of the molecule is COc1cccc(CC(C)CO)c1OC. The van der Waals surface area contributed by atoms with Gasteiger partial charge in [0.25, 0.3) is 0 Å². The fraction of sp³-hybridized carbons (Fsp3) is 0.500. The van der Waals surface area contributed by atoms with Gasteiger partial charge in [-0.15, -0.1) is 0 Å². The second kappa shape index (κ2) is 5.61. The van der Waals surface area contributed by atoms with Gasteiger partial charge in [0.2, 0.25) is 0 Å². The highest BCUT2D eigenvalue weighted by atomic mass is 16.5. The molecule has 3 nitrogen and oxygen atoms in total. The maximum absolute atomic E-state index is 9.01. The van der Waals surface area contributed by atoms with Gasteiger partial charge >= 0.3 is 0 Å². The minimum absolute atomic E-state index is 0.181. The number of aliphatic hydroxyl groups excluding tert-OH is 1. The van der Waals surface area contributed by atoms with Crippen LogP contribution >= 0.6 is 0 Å². The van der Waals surface area contributed by atoms with Crippen molar-refractivity contribution in [3.63, 3.8) is 0 Å². The predicted octanol–water partition coefficient (Wildman–Crippen LogP) is 1.87. The molecular weight excluding hydrogens is 192 g/mol. The van der Waals surface area contributed by atoms with Crippen LogP contribution in [0.25, 0.3) is 0 Å². The van der Waals surface area contributed by atoms with Crippen molar-refractivity contribution in [3.05, 3.63) is 23.8 Å². The van der Waals surface area contributed by atoms with Crippen molar-refractivity contribution in [2.24, 2.45) is 5.92 Å². The summed E-state index contributed by atoms with van der Waals surface area (Å²) < 4.78 is 10.5. The molecule has 1 N–H and O–H groups in total. The summed E-state index contributed by atoms with van der Waals surface area (Å²) in [4.78, 5) is 0. The number of hydrogen-bond acceptors (Lipinski definition) is 3. The maximum atomic E-state index is 9.01. The topological polar surface area (TPSA) is 38.7 Å². The van der Waals surface area contributed by atoms with Gasteiger partial charge < -0.3 is 14.6 Å². The number of rotatable bonds is 5. The summed E-state index contributed by atoms with van der Waals surface area (Å²) in [6.07, 6.45) is 0.789. The average molecular weight is 210 g/mol. The van der Waals surface area contributed by atoms with Crippen molar-refractivity contribution < 1.29 is 14.6 Å². The Bertz CT molecular complexity index is 310. The van der Waals surface area contributed by atoms with Gasteiger partial charge in [0.15, 0.2) is 11.5 Å². The summed E-state index contributed by atoms with van der Waals surface area (Å²) in [6, 6.07) is 5.79. The van der Waals surface area contributed by atoms with Crippen LogP contribution in [0, 0.1) is 5.92 Å². The number of para-hydroxylation sites is 1. The van der Waals surface area contributed by atoms with Gasteiger partial charge in [-0.25, -0.2) is 0 Å². The third-order valence-corrected chi connectivity index (χ3v) is 2.36. The van der Waals surface area contributed by atoms with Gasteiger partial charge in [-0.2, -0.15) is 0 Å². The molecule has 0 aliphatic heterocycles. The van der Waals surface area contributed by atoms with Gasteiger partial charge in [0.05, 0.1) is 14.2 Å². The number of benzene rings is 1. The molecule has 0 amide bonds. The van der Waals surface area contributed by atoms with E-state index < -0.39 is 0 Å². The molecule has 0 saturated heterocycles. The minimum Gasteiger partial charge on any atom is -0.493 e.